The predicted molar refractivity (Wildman–Crippen MR) is 140 cm³/mol. The van der Waals surface area contributed by atoms with Crippen molar-refractivity contribution in [1.29, 1.82) is 0 Å². The molecule has 0 saturated heterocycles. The summed E-state index contributed by atoms with van der Waals surface area (Å²) in [6.07, 6.45) is 0.0816. The third kappa shape index (κ3) is 5.43. The Morgan fingerprint density at radius 3 is 2.14 bits per heavy atom. The zero-order valence-electron chi connectivity index (χ0n) is 19.7. The van der Waals surface area contributed by atoms with Gasteiger partial charge in [0.05, 0.1) is 16.3 Å². The van der Waals surface area contributed by atoms with Gasteiger partial charge < -0.3 is 5.32 Å². The zero-order valence-corrected chi connectivity index (χ0v) is 21.3. The first kappa shape index (κ1) is 25.4. The Balaban J connectivity index is 1.67. The molecule has 0 aliphatic rings. The maximum atomic E-state index is 13.4. The van der Waals surface area contributed by atoms with Crippen LogP contribution >= 0.6 is 11.6 Å². The van der Waals surface area contributed by atoms with Gasteiger partial charge in [0, 0.05) is 12.1 Å². The van der Waals surface area contributed by atoms with Crippen molar-refractivity contribution in [3.63, 3.8) is 0 Å². The Hall–Kier alpha value is -3.66. The lowest BCUT2D eigenvalue weighted by molar-refractivity contribution is -0.117. The van der Waals surface area contributed by atoms with Crippen LogP contribution in [0.15, 0.2) is 94.6 Å². The summed E-state index contributed by atoms with van der Waals surface area (Å²) in [6, 6.07) is 22.5. The maximum absolute atomic E-state index is 13.4. The fraction of sp³-hybridized carbons (Fsp3) is 0.154. The van der Waals surface area contributed by atoms with E-state index in [-0.39, 0.29) is 17.0 Å². The number of nitrogens with zero attached hydrogens (tertiary/aromatic N) is 2. The van der Waals surface area contributed by atoms with Crippen LogP contribution in [0, 0.1) is 6.92 Å². The molecular weight excluding hydrogens is 500 g/mol. The Morgan fingerprint density at radius 1 is 0.944 bits per heavy atom. The molecule has 0 aliphatic heterocycles. The summed E-state index contributed by atoms with van der Waals surface area (Å²) in [6.45, 7) is 1.71. The number of halogens is 1. The summed E-state index contributed by atoms with van der Waals surface area (Å²) in [5, 5.41) is 3.06. The van der Waals surface area contributed by atoms with Gasteiger partial charge in [0.2, 0.25) is 15.9 Å². The van der Waals surface area contributed by atoms with Crippen molar-refractivity contribution in [2.45, 2.75) is 24.3 Å². The van der Waals surface area contributed by atoms with Crippen LogP contribution in [0.1, 0.15) is 11.3 Å². The molecule has 1 heterocycles. The second kappa shape index (κ2) is 10.5. The molecule has 0 bridgehead atoms. The number of sulfonamides is 1. The molecule has 36 heavy (non-hydrogen) atoms. The fourth-order valence-electron chi connectivity index (χ4n) is 3.83. The van der Waals surface area contributed by atoms with Gasteiger partial charge in [-0.25, -0.2) is 13.1 Å². The van der Waals surface area contributed by atoms with Crippen molar-refractivity contribution in [2.24, 2.45) is 7.05 Å². The summed E-state index contributed by atoms with van der Waals surface area (Å²) >= 11 is 5.89. The van der Waals surface area contributed by atoms with Gasteiger partial charge in [-0.1, -0.05) is 60.1 Å². The zero-order chi connectivity index (χ0) is 25.9. The van der Waals surface area contributed by atoms with Gasteiger partial charge in [-0.3, -0.25) is 14.3 Å². The van der Waals surface area contributed by atoms with Crippen LogP contribution in [-0.2, 0) is 28.3 Å². The molecule has 2 N–H and O–H groups in total. The molecule has 0 spiro atoms. The first-order valence-electron chi connectivity index (χ1n) is 11.1. The summed E-state index contributed by atoms with van der Waals surface area (Å²) in [5.74, 6) is -0.651. The lowest BCUT2D eigenvalue weighted by Crippen LogP contribution is -2.45. The monoisotopic (exact) mass is 524 g/mol. The standard InChI is InChI=1S/C26H25ClN4O4S/c1-18-24(26(33)31(30(18)2)21-11-7-4-8-12-21)28-25(32)23(17-19-9-5-3-6-10-19)29-36(34,35)22-15-13-20(27)14-16-22/h3-16,23,29H,17H2,1-2H3,(H,28,32). The largest absolute Gasteiger partial charge is 0.319 e. The van der Waals surface area contributed by atoms with Crippen LogP contribution in [0.4, 0.5) is 5.69 Å². The second-order valence-corrected chi connectivity index (χ2v) is 10.4. The number of para-hydroxylation sites is 1. The first-order valence-corrected chi connectivity index (χ1v) is 13.0. The van der Waals surface area contributed by atoms with Gasteiger partial charge in [-0.2, -0.15) is 4.72 Å². The molecule has 0 aliphatic carbocycles. The van der Waals surface area contributed by atoms with E-state index in [4.69, 9.17) is 11.6 Å². The number of benzene rings is 3. The highest BCUT2D eigenvalue weighted by Crippen LogP contribution is 2.18. The molecular formula is C26H25ClN4O4S. The van der Waals surface area contributed by atoms with E-state index in [1.165, 1.54) is 28.9 Å². The van der Waals surface area contributed by atoms with E-state index in [2.05, 4.69) is 10.0 Å². The van der Waals surface area contributed by atoms with Crippen LogP contribution < -0.4 is 15.6 Å². The number of hydrogen-bond donors (Lipinski definition) is 2. The number of aromatic nitrogens is 2. The molecule has 0 saturated carbocycles. The molecule has 4 rings (SSSR count). The number of amides is 1. The van der Waals surface area contributed by atoms with Gasteiger partial charge >= 0.3 is 0 Å². The van der Waals surface area contributed by atoms with Gasteiger partial charge in [0.1, 0.15) is 11.7 Å². The van der Waals surface area contributed by atoms with Gasteiger partial charge in [0.15, 0.2) is 0 Å². The highest BCUT2D eigenvalue weighted by atomic mass is 35.5. The summed E-state index contributed by atoms with van der Waals surface area (Å²) in [5.41, 5.74) is 1.57. The Kier molecular flexibility index (Phi) is 7.44. The number of carbonyl (C=O) groups excluding carboxylic acids is 1. The SMILES string of the molecule is Cc1c(NC(=O)C(Cc2ccccc2)NS(=O)(=O)c2ccc(Cl)cc2)c(=O)n(-c2ccccc2)n1C. The fourth-order valence-corrected chi connectivity index (χ4v) is 5.15. The van der Waals surface area contributed by atoms with Crippen LogP contribution in [0.2, 0.25) is 5.02 Å². The van der Waals surface area contributed by atoms with Crippen molar-refractivity contribution < 1.29 is 13.2 Å². The van der Waals surface area contributed by atoms with Crippen molar-refractivity contribution in [3.05, 3.63) is 112 Å². The molecule has 10 heteroatoms. The molecule has 1 aromatic heterocycles. The Bertz CT molecular complexity index is 1530. The Morgan fingerprint density at radius 2 is 1.53 bits per heavy atom. The normalized spacial score (nSPS) is 12.3. The molecule has 4 aromatic rings. The van der Waals surface area contributed by atoms with E-state index in [0.29, 0.717) is 16.4 Å². The molecule has 8 nitrogen and oxygen atoms in total. The minimum atomic E-state index is -4.06. The number of hydrogen-bond acceptors (Lipinski definition) is 4. The highest BCUT2D eigenvalue weighted by molar-refractivity contribution is 7.89. The van der Waals surface area contributed by atoms with E-state index in [1.54, 1.807) is 55.1 Å². The summed E-state index contributed by atoms with van der Waals surface area (Å²) in [7, 11) is -2.35. The van der Waals surface area contributed by atoms with Crippen LogP contribution in [-0.4, -0.2) is 29.7 Å². The topological polar surface area (TPSA) is 102 Å². The van der Waals surface area contributed by atoms with E-state index < -0.39 is 27.5 Å². The smallest absolute Gasteiger partial charge is 0.295 e. The summed E-state index contributed by atoms with van der Waals surface area (Å²) in [4.78, 5) is 26.6. The lowest BCUT2D eigenvalue weighted by atomic mass is 10.1. The molecule has 1 amide bonds. The number of rotatable bonds is 8. The van der Waals surface area contributed by atoms with Crippen molar-refractivity contribution in [1.82, 2.24) is 14.1 Å². The minimum Gasteiger partial charge on any atom is -0.319 e. The molecule has 0 fully saturated rings. The van der Waals surface area contributed by atoms with Crippen molar-refractivity contribution >= 4 is 33.2 Å². The van der Waals surface area contributed by atoms with Gasteiger partial charge in [-0.15, -0.1) is 0 Å². The maximum Gasteiger partial charge on any atom is 0.295 e. The third-order valence-electron chi connectivity index (χ3n) is 5.82. The average Bonchev–Trinajstić information content (AvgIpc) is 3.08. The van der Waals surface area contributed by atoms with Crippen LogP contribution in [0.3, 0.4) is 0 Å². The van der Waals surface area contributed by atoms with Gasteiger partial charge in [0.25, 0.3) is 5.56 Å². The third-order valence-corrected chi connectivity index (χ3v) is 7.56. The predicted octanol–water partition coefficient (Wildman–Crippen LogP) is 3.67. The molecule has 1 atom stereocenters. The van der Waals surface area contributed by atoms with E-state index in [0.717, 1.165) is 5.56 Å². The quantitative estimate of drug-likeness (QED) is 0.367. The number of nitrogens with one attached hydrogen (secondary N) is 2. The first-order chi connectivity index (χ1) is 17.2. The van der Waals surface area contributed by atoms with E-state index >= 15 is 0 Å². The lowest BCUT2D eigenvalue weighted by Gasteiger charge is -2.18. The average molecular weight is 525 g/mol. The highest BCUT2D eigenvalue weighted by Gasteiger charge is 2.28. The number of anilines is 1. The minimum absolute atomic E-state index is 0.0277. The Labute approximate surface area is 214 Å². The number of carbonyl (C=O) groups is 1. The molecule has 186 valence electrons. The van der Waals surface area contributed by atoms with E-state index in [1.807, 2.05) is 24.3 Å². The van der Waals surface area contributed by atoms with Crippen molar-refractivity contribution in [3.8, 4) is 5.69 Å². The molecule has 1 unspecified atom stereocenters. The summed E-state index contributed by atoms with van der Waals surface area (Å²) < 4.78 is 31.7. The second-order valence-electron chi connectivity index (χ2n) is 8.24. The van der Waals surface area contributed by atoms with Crippen molar-refractivity contribution in [2.75, 3.05) is 5.32 Å². The van der Waals surface area contributed by atoms with Crippen LogP contribution in [0.5, 0.6) is 0 Å². The van der Waals surface area contributed by atoms with E-state index in [9.17, 15) is 18.0 Å². The molecule has 0 radical (unpaired) electrons. The van der Waals surface area contributed by atoms with Crippen LogP contribution in [0.25, 0.3) is 5.69 Å². The van der Waals surface area contributed by atoms with Gasteiger partial charge in [-0.05, 0) is 55.3 Å². The molecule has 3 aromatic carbocycles.